The number of rotatable bonds is 4. The SMILES string of the molecule is O=c1[nH]cnc2c1ncn2[C@H]1C=C(I)[C@@H](OCP(=O)([O-])[O-])C1.[Na+].[Na+]. The van der Waals surface area contributed by atoms with Crippen molar-refractivity contribution in [3.8, 4) is 0 Å². The second kappa shape index (κ2) is 9.23. The van der Waals surface area contributed by atoms with Gasteiger partial charge in [-0.3, -0.25) is 4.79 Å². The van der Waals surface area contributed by atoms with Crippen molar-refractivity contribution in [2.75, 3.05) is 6.35 Å². The van der Waals surface area contributed by atoms with Gasteiger partial charge in [0, 0.05) is 10.0 Å². The van der Waals surface area contributed by atoms with E-state index in [0.29, 0.717) is 12.1 Å². The first-order valence-corrected chi connectivity index (χ1v) is 9.06. The van der Waals surface area contributed by atoms with Crippen molar-refractivity contribution < 1.29 is 78.2 Å². The number of hydrogen-bond donors (Lipinski definition) is 1. The minimum atomic E-state index is -4.70. The van der Waals surface area contributed by atoms with Gasteiger partial charge in [0.15, 0.2) is 11.2 Å². The molecule has 13 heteroatoms. The summed E-state index contributed by atoms with van der Waals surface area (Å²) in [4.78, 5) is 43.6. The molecule has 24 heavy (non-hydrogen) atoms. The first-order valence-electron chi connectivity index (χ1n) is 6.25. The molecule has 0 radical (unpaired) electrons. The van der Waals surface area contributed by atoms with Crippen LogP contribution in [0.15, 0.2) is 27.1 Å². The van der Waals surface area contributed by atoms with Crippen LogP contribution in [0.2, 0.25) is 0 Å². The molecule has 0 spiro atoms. The van der Waals surface area contributed by atoms with Gasteiger partial charge >= 0.3 is 59.1 Å². The Hall–Kier alpha value is 0.930. The number of nitrogens with one attached hydrogen (secondary N) is 1. The predicted molar refractivity (Wildman–Crippen MR) is 81.3 cm³/mol. The summed E-state index contributed by atoms with van der Waals surface area (Å²) in [5.74, 6) is 0. The third-order valence-electron chi connectivity index (χ3n) is 3.27. The minimum Gasteiger partial charge on any atom is -0.809 e. The number of hydrogen-bond acceptors (Lipinski definition) is 7. The summed E-state index contributed by atoms with van der Waals surface area (Å²) in [6.07, 6.45) is 3.81. The Balaban J connectivity index is 0.00000144. The predicted octanol–water partition coefficient (Wildman–Crippen LogP) is -6.35. The molecule has 0 bridgehead atoms. The molecule has 2 heterocycles. The molecular weight excluding hydrogens is 472 g/mol. The van der Waals surface area contributed by atoms with Crippen molar-refractivity contribution in [3.63, 3.8) is 0 Å². The summed E-state index contributed by atoms with van der Waals surface area (Å²) in [6.45, 7) is 0. The summed E-state index contributed by atoms with van der Waals surface area (Å²) in [6, 6.07) is -0.172. The van der Waals surface area contributed by atoms with Crippen molar-refractivity contribution in [3.05, 3.63) is 32.7 Å². The Morgan fingerprint density at radius 1 is 1.42 bits per heavy atom. The van der Waals surface area contributed by atoms with Gasteiger partial charge in [-0.25, -0.2) is 9.97 Å². The third-order valence-corrected chi connectivity index (χ3v) is 4.79. The van der Waals surface area contributed by atoms with Crippen molar-refractivity contribution in [2.24, 2.45) is 0 Å². The van der Waals surface area contributed by atoms with Crippen molar-refractivity contribution in [1.29, 1.82) is 0 Å². The fourth-order valence-corrected chi connectivity index (χ4v) is 3.53. The Morgan fingerprint density at radius 2 is 2.12 bits per heavy atom. The quantitative estimate of drug-likeness (QED) is 0.260. The Labute approximate surface area is 194 Å². The summed E-state index contributed by atoms with van der Waals surface area (Å²) < 4.78 is 18.4. The Kier molecular flexibility index (Phi) is 8.83. The van der Waals surface area contributed by atoms with Crippen LogP contribution in [-0.4, -0.2) is 32.0 Å². The molecule has 118 valence electrons. The molecule has 2 aromatic heterocycles. The zero-order chi connectivity index (χ0) is 15.9. The monoisotopic (exact) mass is 482 g/mol. The van der Waals surface area contributed by atoms with Gasteiger partial charge in [0.2, 0.25) is 0 Å². The number of halogens is 1. The molecule has 0 aromatic carbocycles. The smallest absolute Gasteiger partial charge is 0.809 e. The van der Waals surface area contributed by atoms with Gasteiger partial charge in [-0.05, 0) is 36.3 Å². The maximum atomic E-state index is 11.6. The average Bonchev–Trinajstić information content (AvgIpc) is 3.00. The minimum absolute atomic E-state index is 0. The summed E-state index contributed by atoms with van der Waals surface area (Å²) >= 11 is 2.04. The first kappa shape index (κ1) is 23.0. The molecule has 0 amide bonds. The van der Waals surface area contributed by atoms with Gasteiger partial charge in [-0.15, -0.1) is 0 Å². The van der Waals surface area contributed by atoms with E-state index < -0.39 is 20.0 Å². The molecule has 9 nitrogen and oxygen atoms in total. The van der Waals surface area contributed by atoms with Gasteiger partial charge < -0.3 is 28.6 Å². The van der Waals surface area contributed by atoms with Crippen LogP contribution in [0.3, 0.4) is 0 Å². The number of nitrogens with zero attached hydrogens (tertiary/aromatic N) is 3. The zero-order valence-electron chi connectivity index (χ0n) is 13.0. The molecule has 1 aliphatic rings. The number of aromatic nitrogens is 4. The summed E-state index contributed by atoms with van der Waals surface area (Å²) in [7, 11) is -4.70. The van der Waals surface area contributed by atoms with Crippen LogP contribution in [0.4, 0.5) is 0 Å². The van der Waals surface area contributed by atoms with Gasteiger partial charge in [0.05, 0.1) is 31.1 Å². The van der Waals surface area contributed by atoms with Crippen LogP contribution in [-0.2, 0) is 9.30 Å². The molecule has 0 fully saturated rings. The maximum Gasteiger partial charge on any atom is 1.00 e. The van der Waals surface area contributed by atoms with Crippen LogP contribution in [0.25, 0.3) is 11.2 Å². The number of ether oxygens (including phenoxy) is 1. The fourth-order valence-electron chi connectivity index (χ4n) is 2.32. The molecule has 2 atom stereocenters. The van der Waals surface area contributed by atoms with E-state index in [1.54, 1.807) is 4.57 Å². The number of imidazole rings is 1. The normalized spacial score (nSPS) is 20.4. The molecule has 1 N–H and O–H groups in total. The Bertz CT molecular complexity index is 850. The van der Waals surface area contributed by atoms with Crippen molar-refractivity contribution >= 4 is 41.4 Å². The van der Waals surface area contributed by atoms with E-state index >= 15 is 0 Å². The van der Waals surface area contributed by atoms with Gasteiger partial charge in [0.25, 0.3) is 5.56 Å². The largest absolute Gasteiger partial charge is 1.00 e. The second-order valence-corrected chi connectivity index (χ2v) is 7.53. The van der Waals surface area contributed by atoms with E-state index in [9.17, 15) is 19.1 Å². The second-order valence-electron chi connectivity index (χ2n) is 4.81. The van der Waals surface area contributed by atoms with Crippen LogP contribution in [0, 0.1) is 0 Å². The summed E-state index contributed by atoms with van der Waals surface area (Å²) in [5.41, 5.74) is 0.346. The van der Waals surface area contributed by atoms with E-state index in [2.05, 4.69) is 15.0 Å². The fraction of sp³-hybridized carbons (Fsp3) is 0.364. The van der Waals surface area contributed by atoms with E-state index in [0.717, 1.165) is 3.58 Å². The van der Waals surface area contributed by atoms with Crippen molar-refractivity contribution in [2.45, 2.75) is 18.6 Å². The first-order chi connectivity index (χ1) is 10.3. The van der Waals surface area contributed by atoms with E-state index in [1.807, 2.05) is 28.7 Å². The summed E-state index contributed by atoms with van der Waals surface area (Å²) in [5, 5.41) is 0. The van der Waals surface area contributed by atoms with E-state index in [1.165, 1.54) is 12.7 Å². The topological polar surface area (TPSA) is 136 Å². The molecule has 0 saturated carbocycles. The van der Waals surface area contributed by atoms with Crippen LogP contribution < -0.4 is 74.5 Å². The standard InChI is InChI=1S/C11H12IN4O5P.2Na/c12-7-1-6(2-8(7)21-5-22(18,19)20)16-4-15-9-10(16)13-3-14-11(9)17;;/h1,3-4,6,8H,2,5H2,(H,13,14,17)(H2,18,19,20);;/q;2*+1/p-2/t6-,8-;;/m0../s1. The molecular formula is C11H10IN4Na2O5P. The van der Waals surface area contributed by atoms with Crippen LogP contribution in [0.1, 0.15) is 12.5 Å². The number of allylic oxidation sites excluding steroid dienone is 1. The molecule has 0 unspecified atom stereocenters. The van der Waals surface area contributed by atoms with E-state index in [-0.39, 0.29) is 76.2 Å². The van der Waals surface area contributed by atoms with Gasteiger partial charge in [-0.2, -0.15) is 0 Å². The number of H-pyrrole nitrogens is 1. The zero-order valence-corrected chi connectivity index (χ0v) is 20.1. The number of aromatic amines is 1. The van der Waals surface area contributed by atoms with Gasteiger partial charge in [-0.1, -0.05) is 0 Å². The third kappa shape index (κ3) is 5.23. The maximum absolute atomic E-state index is 11.6. The molecule has 2 aromatic rings. The van der Waals surface area contributed by atoms with E-state index in [4.69, 9.17) is 4.74 Å². The van der Waals surface area contributed by atoms with Crippen LogP contribution >= 0.6 is 30.2 Å². The number of fused-ring (bicyclic) bond motifs is 1. The molecule has 0 aliphatic heterocycles. The molecule has 1 aliphatic carbocycles. The molecule has 3 rings (SSSR count). The van der Waals surface area contributed by atoms with Crippen molar-refractivity contribution in [1.82, 2.24) is 19.5 Å². The average molecular weight is 482 g/mol. The van der Waals surface area contributed by atoms with Crippen LogP contribution in [0.5, 0.6) is 0 Å². The molecule has 0 saturated heterocycles. The van der Waals surface area contributed by atoms with Gasteiger partial charge in [0.1, 0.15) is 0 Å². The Morgan fingerprint density at radius 3 is 2.79 bits per heavy atom.